The topological polar surface area (TPSA) is 98.6 Å². The van der Waals surface area contributed by atoms with E-state index in [4.69, 9.17) is 4.18 Å². The number of rotatable bonds is 9. The van der Waals surface area contributed by atoms with E-state index in [1.54, 1.807) is 6.07 Å². The number of pyridine rings is 1. The van der Waals surface area contributed by atoms with Gasteiger partial charge in [-0.2, -0.15) is 8.42 Å². The molecule has 1 aliphatic rings. The lowest BCUT2D eigenvalue weighted by atomic mass is 9.87. The van der Waals surface area contributed by atoms with Crippen molar-refractivity contribution >= 4 is 21.7 Å². The highest BCUT2D eigenvalue weighted by molar-refractivity contribution is 7.85. The molecule has 0 atom stereocenters. The highest BCUT2D eigenvalue weighted by Crippen LogP contribution is 2.31. The molecule has 3 rings (SSSR count). The van der Waals surface area contributed by atoms with Crippen LogP contribution in [0.15, 0.2) is 24.7 Å². The van der Waals surface area contributed by atoms with Crippen LogP contribution in [-0.2, 0) is 27.3 Å². The summed E-state index contributed by atoms with van der Waals surface area (Å²) in [6.45, 7) is 1.34. The van der Waals surface area contributed by atoms with Gasteiger partial charge < -0.3 is 9.47 Å². The van der Waals surface area contributed by atoms with Crippen molar-refractivity contribution in [2.45, 2.75) is 25.8 Å². The number of hydrogen-bond donors (Lipinski definition) is 0. The van der Waals surface area contributed by atoms with Gasteiger partial charge in [0.1, 0.15) is 5.69 Å². The number of hydrogen-bond acceptors (Lipinski definition) is 7. The predicted molar refractivity (Wildman–Crippen MR) is 108 cm³/mol. The van der Waals surface area contributed by atoms with E-state index in [1.165, 1.54) is 12.4 Å². The second-order valence-electron chi connectivity index (χ2n) is 7.44. The highest BCUT2D eigenvalue weighted by Gasteiger charge is 2.35. The number of ketones is 2. The van der Waals surface area contributed by atoms with Gasteiger partial charge in [0, 0.05) is 37.2 Å². The average molecular weight is 420 g/mol. The van der Waals surface area contributed by atoms with E-state index < -0.39 is 10.1 Å². The molecule has 0 aliphatic heterocycles. The smallest absolute Gasteiger partial charge is 0.264 e. The van der Waals surface area contributed by atoms with E-state index in [9.17, 15) is 18.0 Å². The lowest BCUT2D eigenvalue weighted by molar-refractivity contribution is 0.0972. The molecule has 0 unspecified atom stereocenters. The van der Waals surface area contributed by atoms with Gasteiger partial charge in [0.05, 0.1) is 24.0 Å². The van der Waals surface area contributed by atoms with E-state index in [2.05, 4.69) is 4.98 Å². The van der Waals surface area contributed by atoms with Crippen LogP contribution in [0.25, 0.3) is 0 Å². The maximum absolute atomic E-state index is 13.1. The standard InChI is InChI=1S/C20H25N3O5S/c1-22(2)10-7-14-13-23(9-4-5-11-28-29(3,26)27)18-17(14)19(24)15-6-8-21-12-16(15)20(18)25/h6,8,12-13H,4-5,7,9-11H2,1-3H3. The Labute approximate surface area is 170 Å². The minimum atomic E-state index is -3.46. The summed E-state index contributed by atoms with van der Waals surface area (Å²) in [6, 6.07) is 1.59. The fraction of sp³-hybridized carbons (Fsp3) is 0.450. The Kier molecular flexibility index (Phi) is 6.30. The van der Waals surface area contributed by atoms with E-state index in [-0.39, 0.29) is 18.2 Å². The summed E-state index contributed by atoms with van der Waals surface area (Å²) in [6.07, 6.45) is 7.64. The van der Waals surface area contributed by atoms with Crippen LogP contribution in [-0.4, -0.2) is 67.9 Å². The van der Waals surface area contributed by atoms with E-state index in [1.807, 2.05) is 29.8 Å². The van der Waals surface area contributed by atoms with Crippen LogP contribution in [0.1, 0.15) is 50.4 Å². The van der Waals surface area contributed by atoms with Crippen molar-refractivity contribution in [3.05, 3.63) is 52.6 Å². The van der Waals surface area contributed by atoms with Crippen molar-refractivity contribution < 1.29 is 22.2 Å². The zero-order valence-corrected chi connectivity index (χ0v) is 17.7. The summed E-state index contributed by atoms with van der Waals surface area (Å²) in [5, 5.41) is 0. The molecule has 2 aromatic heterocycles. The van der Waals surface area contributed by atoms with Crippen molar-refractivity contribution in [2.24, 2.45) is 0 Å². The number of carbonyl (C=O) groups excluding carboxylic acids is 2. The zero-order chi connectivity index (χ0) is 21.2. The minimum absolute atomic E-state index is 0.0927. The van der Waals surface area contributed by atoms with Gasteiger partial charge in [-0.3, -0.25) is 18.8 Å². The summed E-state index contributed by atoms with van der Waals surface area (Å²) in [5.74, 6) is -0.351. The molecule has 156 valence electrons. The quantitative estimate of drug-likeness (QED) is 0.383. The molecule has 0 amide bonds. The Balaban J connectivity index is 1.87. The predicted octanol–water partition coefficient (Wildman–Crippen LogP) is 1.52. The first-order valence-electron chi connectivity index (χ1n) is 9.43. The van der Waals surface area contributed by atoms with Crippen LogP contribution in [0.2, 0.25) is 0 Å². The first-order valence-corrected chi connectivity index (χ1v) is 11.2. The number of likely N-dealkylation sites (N-methyl/N-ethyl adjacent to an activating group) is 1. The van der Waals surface area contributed by atoms with Crippen molar-refractivity contribution in [3.63, 3.8) is 0 Å². The van der Waals surface area contributed by atoms with Gasteiger partial charge in [-0.05, 0) is 45.0 Å². The van der Waals surface area contributed by atoms with Crippen LogP contribution in [0.3, 0.4) is 0 Å². The van der Waals surface area contributed by atoms with Crippen LogP contribution >= 0.6 is 0 Å². The summed E-state index contributed by atoms with van der Waals surface area (Å²) in [7, 11) is 0.453. The first-order chi connectivity index (χ1) is 13.7. The van der Waals surface area contributed by atoms with E-state index in [0.29, 0.717) is 48.2 Å². The second kappa shape index (κ2) is 8.56. The molecule has 1 aliphatic carbocycles. The van der Waals surface area contributed by atoms with Crippen molar-refractivity contribution in [1.29, 1.82) is 0 Å². The number of aryl methyl sites for hydroxylation is 1. The molecule has 0 aromatic carbocycles. The van der Waals surface area contributed by atoms with Gasteiger partial charge in [0.15, 0.2) is 5.78 Å². The summed E-state index contributed by atoms with van der Waals surface area (Å²) in [5.41, 5.74) is 2.44. The van der Waals surface area contributed by atoms with Gasteiger partial charge in [-0.15, -0.1) is 0 Å². The summed E-state index contributed by atoms with van der Waals surface area (Å²) < 4.78 is 28.7. The molecule has 0 bridgehead atoms. The van der Waals surface area contributed by atoms with E-state index >= 15 is 0 Å². The van der Waals surface area contributed by atoms with Crippen molar-refractivity contribution in [2.75, 3.05) is 33.5 Å². The summed E-state index contributed by atoms with van der Waals surface area (Å²) in [4.78, 5) is 32.3. The Hall–Kier alpha value is -2.36. The Bertz CT molecular complexity index is 1040. The molecule has 0 saturated carbocycles. The van der Waals surface area contributed by atoms with Crippen LogP contribution < -0.4 is 0 Å². The summed E-state index contributed by atoms with van der Waals surface area (Å²) >= 11 is 0. The lowest BCUT2D eigenvalue weighted by Gasteiger charge is -2.17. The molecule has 0 saturated heterocycles. The SMILES string of the molecule is CN(C)CCc1cn(CCCCOS(C)(=O)=O)c2c1C(=O)c1ccncc1C2=O. The largest absolute Gasteiger partial charge is 0.344 e. The maximum atomic E-state index is 13.1. The Morgan fingerprint density at radius 2 is 1.90 bits per heavy atom. The fourth-order valence-corrected chi connectivity index (χ4v) is 3.87. The highest BCUT2D eigenvalue weighted by atomic mass is 32.2. The maximum Gasteiger partial charge on any atom is 0.264 e. The monoisotopic (exact) mass is 419 g/mol. The first kappa shape index (κ1) is 21.4. The van der Waals surface area contributed by atoms with Crippen LogP contribution in [0.5, 0.6) is 0 Å². The molecular weight excluding hydrogens is 394 g/mol. The molecule has 0 radical (unpaired) electrons. The third-order valence-corrected chi connectivity index (χ3v) is 5.42. The van der Waals surface area contributed by atoms with E-state index in [0.717, 1.165) is 18.4 Å². The number of nitrogens with zero attached hydrogens (tertiary/aromatic N) is 3. The normalized spacial score (nSPS) is 13.7. The lowest BCUT2D eigenvalue weighted by Crippen LogP contribution is -2.24. The minimum Gasteiger partial charge on any atom is -0.344 e. The van der Waals surface area contributed by atoms with Gasteiger partial charge in [0.25, 0.3) is 10.1 Å². The van der Waals surface area contributed by atoms with Gasteiger partial charge in [-0.1, -0.05) is 0 Å². The number of aromatic nitrogens is 2. The number of unbranched alkanes of at least 4 members (excludes halogenated alkanes) is 1. The molecule has 0 N–H and O–H groups in total. The third kappa shape index (κ3) is 4.80. The molecule has 2 heterocycles. The second-order valence-corrected chi connectivity index (χ2v) is 9.08. The molecule has 0 spiro atoms. The van der Waals surface area contributed by atoms with Gasteiger partial charge in [-0.25, -0.2) is 0 Å². The third-order valence-electron chi connectivity index (χ3n) is 4.83. The van der Waals surface area contributed by atoms with Crippen LogP contribution in [0, 0.1) is 0 Å². The molecule has 2 aromatic rings. The van der Waals surface area contributed by atoms with Gasteiger partial charge >= 0.3 is 0 Å². The number of fused-ring (bicyclic) bond motifs is 2. The zero-order valence-electron chi connectivity index (χ0n) is 16.8. The molecule has 0 fully saturated rings. The Morgan fingerprint density at radius 1 is 1.14 bits per heavy atom. The van der Waals surface area contributed by atoms with Gasteiger partial charge in [0.2, 0.25) is 5.78 Å². The van der Waals surface area contributed by atoms with Crippen molar-refractivity contribution in [3.8, 4) is 0 Å². The molecular formula is C20H25N3O5S. The fourth-order valence-electron chi connectivity index (χ4n) is 3.45. The number of carbonyl (C=O) groups is 2. The van der Waals surface area contributed by atoms with Crippen LogP contribution in [0.4, 0.5) is 0 Å². The van der Waals surface area contributed by atoms with Crippen molar-refractivity contribution in [1.82, 2.24) is 14.5 Å². The molecule has 29 heavy (non-hydrogen) atoms. The molecule has 8 nitrogen and oxygen atoms in total. The Morgan fingerprint density at radius 3 is 2.59 bits per heavy atom. The average Bonchev–Trinajstić information content (AvgIpc) is 3.02. The molecule has 9 heteroatoms.